The minimum atomic E-state index is -0.655. The van der Waals surface area contributed by atoms with E-state index in [2.05, 4.69) is 5.32 Å². The van der Waals surface area contributed by atoms with Gasteiger partial charge in [-0.25, -0.2) is 9.59 Å². The quantitative estimate of drug-likeness (QED) is 0.388. The number of carbonyl (C=O) groups excluding carboxylic acids is 4. The molecule has 29 heavy (non-hydrogen) atoms. The minimum Gasteiger partial charge on any atom is -0.462 e. The Hall–Kier alpha value is -2.68. The van der Waals surface area contributed by atoms with Gasteiger partial charge in [0, 0.05) is 0 Å². The van der Waals surface area contributed by atoms with Crippen molar-refractivity contribution in [3.05, 3.63) is 28.2 Å². The molecule has 1 amide bonds. The number of thiophene rings is 1. The third-order valence-corrected chi connectivity index (χ3v) is 5.48. The zero-order valence-electron chi connectivity index (χ0n) is 16.7. The van der Waals surface area contributed by atoms with Crippen LogP contribution in [0.15, 0.2) is 12.2 Å². The summed E-state index contributed by atoms with van der Waals surface area (Å²) < 4.78 is 15.1. The number of esters is 3. The molecule has 1 N–H and O–H groups in total. The van der Waals surface area contributed by atoms with Crippen molar-refractivity contribution in [3.8, 4) is 0 Å². The number of anilines is 1. The van der Waals surface area contributed by atoms with Crippen molar-refractivity contribution >= 4 is 40.2 Å². The first-order valence-electron chi connectivity index (χ1n) is 9.48. The molecule has 1 heterocycles. The molecule has 0 radical (unpaired) electrons. The molecule has 0 aliphatic heterocycles. The summed E-state index contributed by atoms with van der Waals surface area (Å²) in [6, 6.07) is 0. The largest absolute Gasteiger partial charge is 0.462 e. The maximum atomic E-state index is 12.3. The van der Waals surface area contributed by atoms with E-state index in [0.717, 1.165) is 17.8 Å². The Morgan fingerprint density at radius 1 is 1.07 bits per heavy atom. The van der Waals surface area contributed by atoms with Crippen molar-refractivity contribution in [2.45, 2.75) is 40.0 Å². The topological polar surface area (TPSA) is 108 Å². The fraction of sp³-hybridized carbons (Fsp3) is 0.500. The van der Waals surface area contributed by atoms with Gasteiger partial charge in [-0.1, -0.05) is 12.2 Å². The SMILES string of the molecule is CCOC(=O)c1sc(NC(=O)COC(=O)[C@@H]2CC=CCC2)c(C(=O)OCC)c1C. The number of rotatable bonds is 8. The Balaban J connectivity index is 2.10. The Morgan fingerprint density at radius 3 is 2.38 bits per heavy atom. The molecule has 0 unspecified atom stereocenters. The van der Waals surface area contributed by atoms with Gasteiger partial charge in [0.05, 0.1) is 24.7 Å². The summed E-state index contributed by atoms with van der Waals surface area (Å²) in [6.07, 6.45) is 6.03. The molecule has 0 fully saturated rings. The summed E-state index contributed by atoms with van der Waals surface area (Å²) in [4.78, 5) is 49.0. The highest BCUT2D eigenvalue weighted by molar-refractivity contribution is 7.18. The number of nitrogens with one attached hydrogen (secondary N) is 1. The van der Waals surface area contributed by atoms with E-state index in [1.165, 1.54) is 0 Å². The maximum Gasteiger partial charge on any atom is 0.348 e. The summed E-state index contributed by atoms with van der Waals surface area (Å²) in [6.45, 7) is 4.76. The Labute approximate surface area is 173 Å². The summed E-state index contributed by atoms with van der Waals surface area (Å²) in [5, 5.41) is 2.70. The van der Waals surface area contributed by atoms with Crippen molar-refractivity contribution in [2.24, 2.45) is 5.92 Å². The number of amides is 1. The first-order valence-corrected chi connectivity index (χ1v) is 10.3. The highest BCUT2D eigenvalue weighted by Crippen LogP contribution is 2.34. The molecule has 0 saturated carbocycles. The molecule has 0 bridgehead atoms. The van der Waals surface area contributed by atoms with Crippen LogP contribution in [0, 0.1) is 12.8 Å². The van der Waals surface area contributed by atoms with Crippen LogP contribution in [-0.4, -0.2) is 43.6 Å². The predicted octanol–water partition coefficient (Wildman–Crippen LogP) is 3.25. The number of allylic oxidation sites excluding steroid dienone is 2. The van der Waals surface area contributed by atoms with Crippen LogP contribution < -0.4 is 5.32 Å². The van der Waals surface area contributed by atoms with E-state index in [1.54, 1.807) is 20.8 Å². The van der Waals surface area contributed by atoms with Gasteiger partial charge in [-0.05, 0) is 45.6 Å². The van der Waals surface area contributed by atoms with E-state index in [9.17, 15) is 19.2 Å². The van der Waals surface area contributed by atoms with Crippen molar-refractivity contribution < 1.29 is 33.4 Å². The fourth-order valence-corrected chi connectivity index (χ4v) is 3.97. The molecule has 158 valence electrons. The molecule has 1 aliphatic carbocycles. The van der Waals surface area contributed by atoms with Gasteiger partial charge in [-0.2, -0.15) is 0 Å². The van der Waals surface area contributed by atoms with Gasteiger partial charge in [0.15, 0.2) is 6.61 Å². The van der Waals surface area contributed by atoms with E-state index in [0.29, 0.717) is 18.4 Å². The Kier molecular flexibility index (Phi) is 8.38. The van der Waals surface area contributed by atoms with E-state index >= 15 is 0 Å². The zero-order chi connectivity index (χ0) is 21.4. The molecule has 9 heteroatoms. The van der Waals surface area contributed by atoms with Crippen LogP contribution in [0.2, 0.25) is 0 Å². The van der Waals surface area contributed by atoms with E-state index in [-0.39, 0.29) is 34.6 Å². The molecule has 1 aromatic heterocycles. The third-order valence-electron chi connectivity index (χ3n) is 4.29. The molecular formula is C20H25NO7S. The first-order chi connectivity index (χ1) is 13.9. The minimum absolute atomic E-state index is 0.0944. The highest BCUT2D eigenvalue weighted by Gasteiger charge is 2.28. The molecule has 2 rings (SSSR count). The second kappa shape index (κ2) is 10.8. The van der Waals surface area contributed by atoms with Gasteiger partial charge in [0.2, 0.25) is 0 Å². The lowest BCUT2D eigenvalue weighted by molar-refractivity contribution is -0.151. The van der Waals surface area contributed by atoms with E-state index in [1.807, 2.05) is 12.2 Å². The van der Waals surface area contributed by atoms with E-state index in [4.69, 9.17) is 14.2 Å². The molecule has 0 saturated heterocycles. The van der Waals surface area contributed by atoms with Crippen LogP contribution >= 0.6 is 11.3 Å². The van der Waals surface area contributed by atoms with Crippen LogP contribution in [0.1, 0.15) is 58.7 Å². The maximum absolute atomic E-state index is 12.3. The lowest BCUT2D eigenvalue weighted by Crippen LogP contribution is -2.25. The standard InChI is InChI=1S/C20H25NO7S/c1-4-26-19(24)15-12(3)16(20(25)27-5-2)29-17(15)21-14(22)11-28-18(23)13-9-7-6-8-10-13/h6-7,13H,4-5,8-11H2,1-3H3,(H,21,22)/t13-/m1/s1. The monoisotopic (exact) mass is 423 g/mol. The van der Waals surface area contributed by atoms with Gasteiger partial charge < -0.3 is 19.5 Å². The molecular weight excluding hydrogens is 398 g/mol. The molecule has 0 spiro atoms. The van der Waals surface area contributed by atoms with Crippen LogP contribution in [0.3, 0.4) is 0 Å². The summed E-state index contributed by atoms with van der Waals surface area (Å²) >= 11 is 0.922. The van der Waals surface area contributed by atoms with Crippen LogP contribution in [0.4, 0.5) is 5.00 Å². The van der Waals surface area contributed by atoms with Crippen molar-refractivity contribution in [3.63, 3.8) is 0 Å². The average Bonchev–Trinajstić information content (AvgIpc) is 3.03. The molecule has 1 atom stereocenters. The van der Waals surface area contributed by atoms with Crippen molar-refractivity contribution in [2.75, 3.05) is 25.1 Å². The van der Waals surface area contributed by atoms with Gasteiger partial charge >= 0.3 is 17.9 Å². The normalized spacial score (nSPS) is 15.5. The molecule has 0 aromatic carbocycles. The molecule has 1 aromatic rings. The fourth-order valence-electron chi connectivity index (χ4n) is 2.87. The molecule has 1 aliphatic rings. The van der Waals surface area contributed by atoms with E-state index < -0.39 is 30.4 Å². The summed E-state index contributed by atoms with van der Waals surface area (Å²) in [7, 11) is 0. The number of carbonyl (C=O) groups is 4. The Morgan fingerprint density at radius 2 is 1.76 bits per heavy atom. The average molecular weight is 423 g/mol. The summed E-state index contributed by atoms with van der Waals surface area (Å²) in [5.41, 5.74) is 0.463. The smallest absolute Gasteiger partial charge is 0.348 e. The van der Waals surface area contributed by atoms with Crippen LogP contribution in [0.5, 0.6) is 0 Å². The van der Waals surface area contributed by atoms with Gasteiger partial charge in [-0.3, -0.25) is 9.59 Å². The Bertz CT molecular complexity index is 812. The van der Waals surface area contributed by atoms with Crippen molar-refractivity contribution in [1.82, 2.24) is 0 Å². The second-order valence-corrected chi connectivity index (χ2v) is 7.36. The lowest BCUT2D eigenvalue weighted by Gasteiger charge is -2.16. The predicted molar refractivity (Wildman–Crippen MR) is 107 cm³/mol. The van der Waals surface area contributed by atoms with Crippen LogP contribution in [0.25, 0.3) is 0 Å². The third kappa shape index (κ3) is 5.90. The number of hydrogen-bond acceptors (Lipinski definition) is 8. The number of hydrogen-bond donors (Lipinski definition) is 1. The van der Waals surface area contributed by atoms with Crippen molar-refractivity contribution in [1.29, 1.82) is 0 Å². The second-order valence-electron chi connectivity index (χ2n) is 6.34. The van der Waals surface area contributed by atoms with Gasteiger partial charge in [0.1, 0.15) is 9.88 Å². The van der Waals surface area contributed by atoms with Gasteiger partial charge in [-0.15, -0.1) is 11.3 Å². The van der Waals surface area contributed by atoms with Crippen LogP contribution in [-0.2, 0) is 23.8 Å². The zero-order valence-corrected chi connectivity index (χ0v) is 17.6. The number of ether oxygens (including phenoxy) is 3. The molecule has 8 nitrogen and oxygen atoms in total. The van der Waals surface area contributed by atoms with Gasteiger partial charge in [0.25, 0.3) is 5.91 Å². The first kappa shape index (κ1) is 22.6. The highest BCUT2D eigenvalue weighted by atomic mass is 32.1. The lowest BCUT2D eigenvalue weighted by atomic mass is 9.95. The summed E-state index contributed by atoms with van der Waals surface area (Å²) in [5.74, 6) is -2.52.